The van der Waals surface area contributed by atoms with E-state index in [2.05, 4.69) is 15.6 Å². The normalized spacial score (nSPS) is 10.1. The lowest BCUT2D eigenvalue weighted by molar-refractivity contribution is -0.136. The van der Waals surface area contributed by atoms with Gasteiger partial charge in [-0.15, -0.1) is 0 Å². The van der Waals surface area contributed by atoms with Crippen molar-refractivity contribution >= 4 is 17.5 Å². The first-order valence-electron chi connectivity index (χ1n) is 6.50. The van der Waals surface area contributed by atoms with Crippen molar-refractivity contribution in [1.82, 2.24) is 10.3 Å². The summed E-state index contributed by atoms with van der Waals surface area (Å²) >= 11 is 0. The van der Waals surface area contributed by atoms with Gasteiger partial charge in [-0.2, -0.15) is 0 Å². The fraction of sp³-hybridized carbons (Fsp3) is 0.200. The molecular weight excluding hydrogens is 254 g/mol. The van der Waals surface area contributed by atoms with Crippen LogP contribution in [0.25, 0.3) is 0 Å². The molecule has 0 atom stereocenters. The Labute approximate surface area is 117 Å². The number of aromatic amines is 1. The highest BCUT2D eigenvalue weighted by Crippen LogP contribution is 2.15. The van der Waals surface area contributed by atoms with Gasteiger partial charge in [0.2, 0.25) is 0 Å². The molecule has 0 fully saturated rings. The highest BCUT2D eigenvalue weighted by molar-refractivity contribution is 6.39. The molecule has 0 spiro atoms. The van der Waals surface area contributed by atoms with Crippen molar-refractivity contribution in [2.45, 2.75) is 19.9 Å². The Kier molecular flexibility index (Phi) is 4.55. The van der Waals surface area contributed by atoms with Crippen LogP contribution >= 0.6 is 0 Å². The van der Waals surface area contributed by atoms with Crippen LogP contribution in [0.4, 0.5) is 5.69 Å². The molecule has 2 amide bonds. The number of nitrogens with one attached hydrogen (secondary N) is 3. The van der Waals surface area contributed by atoms with Crippen molar-refractivity contribution in [3.63, 3.8) is 0 Å². The Balaban J connectivity index is 1.92. The predicted octanol–water partition coefficient (Wildman–Crippen LogP) is 1.83. The molecule has 0 aliphatic heterocycles. The maximum atomic E-state index is 11.8. The lowest BCUT2D eigenvalue weighted by atomic mass is 10.1. The first-order valence-corrected chi connectivity index (χ1v) is 6.50. The average Bonchev–Trinajstić information content (AvgIpc) is 2.98. The minimum atomic E-state index is -0.655. The number of rotatable bonds is 4. The van der Waals surface area contributed by atoms with Gasteiger partial charge in [0.05, 0.1) is 6.54 Å². The number of para-hydroxylation sites is 1. The molecule has 20 heavy (non-hydrogen) atoms. The molecule has 0 aliphatic carbocycles. The number of carbonyl (C=O) groups excluding carboxylic acids is 2. The predicted molar refractivity (Wildman–Crippen MR) is 77.1 cm³/mol. The van der Waals surface area contributed by atoms with Crippen molar-refractivity contribution in [1.29, 1.82) is 0 Å². The fourth-order valence-corrected chi connectivity index (χ4v) is 1.86. The van der Waals surface area contributed by atoms with Crippen LogP contribution in [0.3, 0.4) is 0 Å². The van der Waals surface area contributed by atoms with Crippen LogP contribution in [-0.2, 0) is 22.6 Å². The maximum absolute atomic E-state index is 11.8. The van der Waals surface area contributed by atoms with Crippen molar-refractivity contribution < 1.29 is 9.59 Å². The third-order valence-corrected chi connectivity index (χ3v) is 2.95. The van der Waals surface area contributed by atoms with E-state index in [1.807, 2.05) is 37.3 Å². The molecule has 5 heteroatoms. The SMILES string of the molecule is CCc1ccccc1NC(=O)C(=O)NCc1ccc[nH]1. The lowest BCUT2D eigenvalue weighted by Gasteiger charge is -2.09. The van der Waals surface area contributed by atoms with Crippen molar-refractivity contribution in [2.24, 2.45) is 0 Å². The fourth-order valence-electron chi connectivity index (χ4n) is 1.86. The summed E-state index contributed by atoms with van der Waals surface area (Å²) in [7, 11) is 0. The van der Waals surface area contributed by atoms with Crippen LogP contribution in [0.1, 0.15) is 18.2 Å². The summed E-state index contributed by atoms with van der Waals surface area (Å²) in [6, 6.07) is 11.1. The quantitative estimate of drug-likeness (QED) is 0.742. The van der Waals surface area contributed by atoms with E-state index in [1.54, 1.807) is 12.3 Å². The van der Waals surface area contributed by atoms with Gasteiger partial charge in [0.1, 0.15) is 0 Å². The van der Waals surface area contributed by atoms with E-state index in [0.29, 0.717) is 12.2 Å². The standard InChI is InChI=1S/C15H17N3O2/c1-2-11-6-3-4-8-13(11)18-15(20)14(19)17-10-12-7-5-9-16-12/h3-9,16H,2,10H2,1H3,(H,17,19)(H,18,20). The number of aryl methyl sites for hydroxylation is 1. The maximum Gasteiger partial charge on any atom is 0.313 e. The van der Waals surface area contributed by atoms with Crippen molar-refractivity contribution in [3.8, 4) is 0 Å². The number of aromatic nitrogens is 1. The van der Waals surface area contributed by atoms with Gasteiger partial charge in [0, 0.05) is 17.6 Å². The van der Waals surface area contributed by atoms with Gasteiger partial charge in [-0.05, 0) is 30.2 Å². The molecule has 0 saturated heterocycles. The van der Waals surface area contributed by atoms with E-state index in [1.165, 1.54) is 0 Å². The van der Waals surface area contributed by atoms with E-state index >= 15 is 0 Å². The topological polar surface area (TPSA) is 74.0 Å². The zero-order valence-corrected chi connectivity index (χ0v) is 11.3. The van der Waals surface area contributed by atoms with Gasteiger partial charge in [-0.1, -0.05) is 25.1 Å². The molecule has 1 aromatic heterocycles. The number of benzene rings is 1. The van der Waals surface area contributed by atoms with Gasteiger partial charge < -0.3 is 15.6 Å². The monoisotopic (exact) mass is 271 g/mol. The smallest absolute Gasteiger partial charge is 0.313 e. The van der Waals surface area contributed by atoms with Gasteiger partial charge in [-0.25, -0.2) is 0 Å². The van der Waals surface area contributed by atoms with Gasteiger partial charge in [0.15, 0.2) is 0 Å². The highest BCUT2D eigenvalue weighted by atomic mass is 16.2. The third kappa shape index (κ3) is 3.47. The van der Waals surface area contributed by atoms with E-state index in [4.69, 9.17) is 0 Å². The van der Waals surface area contributed by atoms with Crippen molar-refractivity contribution in [3.05, 3.63) is 53.9 Å². The average molecular weight is 271 g/mol. The molecule has 0 unspecified atom stereocenters. The number of carbonyl (C=O) groups is 2. The second kappa shape index (κ2) is 6.56. The van der Waals surface area contributed by atoms with Crippen LogP contribution in [0.5, 0.6) is 0 Å². The zero-order chi connectivity index (χ0) is 14.4. The van der Waals surface area contributed by atoms with Gasteiger partial charge >= 0.3 is 11.8 Å². The summed E-state index contributed by atoms with van der Waals surface area (Å²) in [5, 5.41) is 5.19. The van der Waals surface area contributed by atoms with E-state index < -0.39 is 11.8 Å². The molecule has 3 N–H and O–H groups in total. The number of H-pyrrole nitrogens is 1. The molecular formula is C15H17N3O2. The summed E-state index contributed by atoms with van der Waals surface area (Å²) in [6.45, 7) is 2.30. The summed E-state index contributed by atoms with van der Waals surface area (Å²) in [4.78, 5) is 26.5. The van der Waals surface area contributed by atoms with Crippen LogP contribution < -0.4 is 10.6 Å². The summed E-state index contributed by atoms with van der Waals surface area (Å²) in [5.74, 6) is -1.30. The first-order chi connectivity index (χ1) is 9.70. The minimum Gasteiger partial charge on any atom is -0.364 e. The molecule has 0 saturated carbocycles. The molecule has 1 heterocycles. The summed E-state index contributed by atoms with van der Waals surface area (Å²) < 4.78 is 0. The first kappa shape index (κ1) is 13.9. The second-order valence-electron chi connectivity index (χ2n) is 4.34. The zero-order valence-electron chi connectivity index (χ0n) is 11.3. The summed E-state index contributed by atoms with van der Waals surface area (Å²) in [5.41, 5.74) is 2.52. The Morgan fingerprint density at radius 1 is 1.10 bits per heavy atom. The van der Waals surface area contributed by atoms with E-state index in [0.717, 1.165) is 17.7 Å². The van der Waals surface area contributed by atoms with E-state index in [-0.39, 0.29) is 0 Å². The number of hydrogen-bond acceptors (Lipinski definition) is 2. The molecule has 2 aromatic rings. The van der Waals surface area contributed by atoms with Crippen LogP contribution in [0.15, 0.2) is 42.6 Å². The Morgan fingerprint density at radius 2 is 1.90 bits per heavy atom. The minimum absolute atomic E-state index is 0.300. The molecule has 5 nitrogen and oxygen atoms in total. The van der Waals surface area contributed by atoms with Crippen LogP contribution in [-0.4, -0.2) is 16.8 Å². The largest absolute Gasteiger partial charge is 0.364 e. The summed E-state index contributed by atoms with van der Waals surface area (Å²) in [6.07, 6.45) is 2.56. The van der Waals surface area contributed by atoms with Crippen molar-refractivity contribution in [2.75, 3.05) is 5.32 Å². The van der Waals surface area contributed by atoms with Gasteiger partial charge in [-0.3, -0.25) is 9.59 Å². The van der Waals surface area contributed by atoms with Gasteiger partial charge in [0.25, 0.3) is 0 Å². The number of amides is 2. The third-order valence-electron chi connectivity index (χ3n) is 2.95. The molecule has 1 aromatic carbocycles. The number of hydrogen-bond donors (Lipinski definition) is 3. The van der Waals surface area contributed by atoms with Crippen LogP contribution in [0.2, 0.25) is 0 Å². The van der Waals surface area contributed by atoms with E-state index in [9.17, 15) is 9.59 Å². The Hall–Kier alpha value is -2.56. The molecule has 104 valence electrons. The molecule has 2 rings (SSSR count). The lowest BCUT2D eigenvalue weighted by Crippen LogP contribution is -2.35. The molecule has 0 bridgehead atoms. The Morgan fingerprint density at radius 3 is 2.60 bits per heavy atom. The second-order valence-corrected chi connectivity index (χ2v) is 4.34. The van der Waals surface area contributed by atoms with Crippen LogP contribution in [0, 0.1) is 0 Å². The molecule has 0 aliphatic rings. The highest BCUT2D eigenvalue weighted by Gasteiger charge is 2.14. The Bertz CT molecular complexity index is 591. The molecule has 0 radical (unpaired) electrons. The number of anilines is 1.